The zero-order chi connectivity index (χ0) is 25.2. The zero-order valence-electron chi connectivity index (χ0n) is 20.6. The van der Waals surface area contributed by atoms with Crippen molar-refractivity contribution in [2.45, 2.75) is 57.3 Å². The monoisotopic (exact) mass is 495 g/mol. The summed E-state index contributed by atoms with van der Waals surface area (Å²) in [5.41, 5.74) is 1.66. The third kappa shape index (κ3) is 4.71. The molecule has 6 rings (SSSR count). The third-order valence-electron chi connectivity index (χ3n) is 7.72. The molecule has 2 fully saturated rings. The summed E-state index contributed by atoms with van der Waals surface area (Å²) in [7, 11) is 0. The summed E-state index contributed by atoms with van der Waals surface area (Å²) < 4.78 is 7.38. The molecule has 0 spiro atoms. The van der Waals surface area contributed by atoms with Crippen molar-refractivity contribution in [3.05, 3.63) is 89.7 Å². The number of rotatable bonds is 6. The molecular formula is C29H29N5O3. The Morgan fingerprint density at radius 2 is 1.70 bits per heavy atom. The van der Waals surface area contributed by atoms with Crippen molar-refractivity contribution in [2.75, 3.05) is 0 Å². The quantitative estimate of drug-likeness (QED) is 0.369. The number of benzene rings is 3. The minimum atomic E-state index is -0.606. The Balaban J connectivity index is 1.21. The summed E-state index contributed by atoms with van der Waals surface area (Å²) in [6.45, 7) is 0.448. The Morgan fingerprint density at radius 3 is 2.57 bits per heavy atom. The van der Waals surface area contributed by atoms with Gasteiger partial charge in [-0.1, -0.05) is 73.5 Å². The van der Waals surface area contributed by atoms with Gasteiger partial charge in [0.05, 0.1) is 6.54 Å². The van der Waals surface area contributed by atoms with Crippen LogP contribution in [-0.4, -0.2) is 49.1 Å². The van der Waals surface area contributed by atoms with Gasteiger partial charge in [-0.2, -0.15) is 0 Å². The van der Waals surface area contributed by atoms with Gasteiger partial charge in [-0.3, -0.25) is 4.79 Å². The summed E-state index contributed by atoms with van der Waals surface area (Å²) in [5, 5.41) is 14.0. The van der Waals surface area contributed by atoms with Crippen molar-refractivity contribution in [1.82, 2.24) is 25.1 Å². The highest BCUT2D eigenvalue weighted by atomic mass is 16.5. The van der Waals surface area contributed by atoms with Crippen LogP contribution in [0, 0.1) is 5.92 Å². The molecule has 1 saturated carbocycles. The van der Waals surface area contributed by atoms with E-state index in [1.165, 1.54) is 0 Å². The van der Waals surface area contributed by atoms with E-state index in [1.807, 2.05) is 77.7 Å². The molecule has 8 heteroatoms. The predicted octanol–water partition coefficient (Wildman–Crippen LogP) is 4.39. The van der Waals surface area contributed by atoms with E-state index in [1.54, 1.807) is 4.68 Å². The van der Waals surface area contributed by atoms with Crippen LogP contribution in [0.5, 0.6) is 0 Å². The van der Waals surface area contributed by atoms with Crippen molar-refractivity contribution in [1.29, 1.82) is 0 Å². The number of hydrogen-bond acceptors (Lipinski definition) is 6. The fourth-order valence-electron chi connectivity index (χ4n) is 5.87. The van der Waals surface area contributed by atoms with Gasteiger partial charge in [-0.05, 0) is 64.1 Å². The molecule has 1 amide bonds. The molecular weight excluding hydrogens is 466 g/mol. The van der Waals surface area contributed by atoms with Crippen LogP contribution in [0.3, 0.4) is 0 Å². The van der Waals surface area contributed by atoms with E-state index in [9.17, 15) is 9.59 Å². The van der Waals surface area contributed by atoms with E-state index in [0.717, 1.165) is 42.0 Å². The number of hydrogen-bond donors (Lipinski definition) is 0. The first-order valence-corrected chi connectivity index (χ1v) is 12.9. The Kier molecular flexibility index (Phi) is 6.39. The summed E-state index contributed by atoms with van der Waals surface area (Å²) in [5.74, 6) is 0.299. The number of aromatic nitrogens is 4. The molecule has 0 radical (unpaired) electrons. The van der Waals surface area contributed by atoms with Crippen molar-refractivity contribution in [2.24, 2.45) is 5.92 Å². The Hall–Kier alpha value is -4.07. The van der Waals surface area contributed by atoms with Crippen LogP contribution < -0.4 is 0 Å². The molecule has 4 aromatic rings. The van der Waals surface area contributed by atoms with E-state index < -0.39 is 12.0 Å². The van der Waals surface area contributed by atoms with Gasteiger partial charge in [0.15, 0.2) is 12.4 Å². The van der Waals surface area contributed by atoms with E-state index in [0.29, 0.717) is 30.3 Å². The number of carbonyl (C=O) groups is 2. The van der Waals surface area contributed by atoms with Crippen LogP contribution in [-0.2, 0) is 22.7 Å². The summed E-state index contributed by atoms with van der Waals surface area (Å²) in [6.07, 6.45) is 4.79. The van der Waals surface area contributed by atoms with Gasteiger partial charge in [0, 0.05) is 11.6 Å². The molecule has 3 atom stereocenters. The Labute approximate surface area is 215 Å². The van der Waals surface area contributed by atoms with Gasteiger partial charge in [0.25, 0.3) is 5.91 Å². The fourth-order valence-corrected chi connectivity index (χ4v) is 5.87. The lowest BCUT2D eigenvalue weighted by Crippen LogP contribution is -2.46. The minimum absolute atomic E-state index is 0.0392. The second-order valence-corrected chi connectivity index (χ2v) is 9.98. The normalized spacial score (nSPS) is 21.1. The SMILES string of the molecule is O=C(OCc1nnnn1Cc1ccccc1)[C@@H]1C[C@@H]2CCCC[C@@H]2N1C(=O)c1ccc2ccccc2c1. The van der Waals surface area contributed by atoms with Crippen LogP contribution >= 0.6 is 0 Å². The number of nitrogens with zero attached hydrogens (tertiary/aromatic N) is 5. The largest absolute Gasteiger partial charge is 0.456 e. The first kappa shape index (κ1) is 23.3. The number of tetrazole rings is 1. The summed E-state index contributed by atoms with van der Waals surface area (Å²) in [4.78, 5) is 29.1. The molecule has 0 unspecified atom stereocenters. The molecule has 8 nitrogen and oxygen atoms in total. The molecule has 0 N–H and O–H groups in total. The van der Waals surface area contributed by atoms with E-state index in [-0.39, 0.29) is 18.6 Å². The second-order valence-electron chi connectivity index (χ2n) is 9.98. The van der Waals surface area contributed by atoms with Crippen LogP contribution in [0.1, 0.15) is 53.8 Å². The predicted molar refractivity (Wildman–Crippen MR) is 137 cm³/mol. The molecule has 1 aliphatic carbocycles. The Bertz CT molecular complexity index is 1420. The van der Waals surface area contributed by atoms with Crippen molar-refractivity contribution in [3.63, 3.8) is 0 Å². The van der Waals surface area contributed by atoms with E-state index in [4.69, 9.17) is 4.74 Å². The average molecular weight is 496 g/mol. The van der Waals surface area contributed by atoms with Gasteiger partial charge >= 0.3 is 5.97 Å². The van der Waals surface area contributed by atoms with Gasteiger partial charge < -0.3 is 9.64 Å². The highest BCUT2D eigenvalue weighted by Gasteiger charge is 2.48. The number of likely N-dealkylation sites (tertiary alicyclic amines) is 1. The van der Waals surface area contributed by atoms with Crippen molar-refractivity contribution < 1.29 is 14.3 Å². The topological polar surface area (TPSA) is 90.2 Å². The molecule has 0 bridgehead atoms. The molecule has 188 valence electrons. The van der Waals surface area contributed by atoms with Crippen LogP contribution in [0.25, 0.3) is 10.8 Å². The van der Waals surface area contributed by atoms with Crippen LogP contribution in [0.4, 0.5) is 0 Å². The third-order valence-corrected chi connectivity index (χ3v) is 7.72. The number of carbonyl (C=O) groups excluding carboxylic acids is 2. The van der Waals surface area contributed by atoms with Gasteiger partial charge in [0.2, 0.25) is 0 Å². The van der Waals surface area contributed by atoms with Gasteiger partial charge in [-0.25, -0.2) is 9.48 Å². The van der Waals surface area contributed by atoms with E-state index >= 15 is 0 Å². The number of fused-ring (bicyclic) bond motifs is 2. The lowest BCUT2D eigenvalue weighted by molar-refractivity contribution is -0.150. The molecule has 3 aromatic carbocycles. The maximum Gasteiger partial charge on any atom is 0.329 e. The maximum atomic E-state index is 13.8. The van der Waals surface area contributed by atoms with Crippen LogP contribution in [0.15, 0.2) is 72.8 Å². The molecule has 1 aliphatic heterocycles. The second kappa shape index (κ2) is 10.1. The van der Waals surface area contributed by atoms with Gasteiger partial charge in [0.1, 0.15) is 6.04 Å². The molecule has 1 aromatic heterocycles. The van der Waals surface area contributed by atoms with E-state index in [2.05, 4.69) is 15.5 Å². The minimum Gasteiger partial charge on any atom is -0.456 e. The molecule has 1 saturated heterocycles. The number of esters is 1. The number of ether oxygens (including phenoxy) is 1. The van der Waals surface area contributed by atoms with Gasteiger partial charge in [-0.15, -0.1) is 5.10 Å². The first-order chi connectivity index (χ1) is 18.2. The fraction of sp³-hybridized carbons (Fsp3) is 0.345. The Morgan fingerprint density at radius 1 is 0.919 bits per heavy atom. The average Bonchev–Trinajstić information content (AvgIpc) is 3.56. The highest BCUT2D eigenvalue weighted by molar-refractivity contribution is 6.00. The summed E-state index contributed by atoms with van der Waals surface area (Å²) in [6, 6.07) is 23.1. The van der Waals surface area contributed by atoms with Crippen molar-refractivity contribution >= 4 is 22.6 Å². The molecule has 37 heavy (non-hydrogen) atoms. The lowest BCUT2D eigenvalue weighted by Gasteiger charge is -2.33. The lowest BCUT2D eigenvalue weighted by atomic mass is 9.84. The standard InChI is InChI=1S/C29H29N5O3/c35-28(24-15-14-21-10-4-5-11-22(21)16-24)34-25-13-7-6-12-23(25)17-26(34)29(36)37-19-27-30-31-32-33(27)18-20-8-2-1-3-9-20/h1-5,8-11,14-16,23,25-26H,6-7,12-13,17-19H2/t23-,25-,26-/m0/s1. The van der Waals surface area contributed by atoms with Crippen molar-refractivity contribution in [3.8, 4) is 0 Å². The zero-order valence-corrected chi connectivity index (χ0v) is 20.6. The number of amides is 1. The summed E-state index contributed by atoms with van der Waals surface area (Å²) >= 11 is 0. The molecule has 2 heterocycles. The smallest absolute Gasteiger partial charge is 0.329 e. The highest BCUT2D eigenvalue weighted by Crippen LogP contribution is 2.41. The maximum absolute atomic E-state index is 13.8. The van der Waals surface area contributed by atoms with Crippen LogP contribution in [0.2, 0.25) is 0 Å². The first-order valence-electron chi connectivity index (χ1n) is 12.9. The molecule has 2 aliphatic rings.